The minimum absolute atomic E-state index is 0.106. The van der Waals surface area contributed by atoms with Crippen LogP contribution in [0.2, 0.25) is 0 Å². The van der Waals surface area contributed by atoms with E-state index in [1.54, 1.807) is 0 Å². The van der Waals surface area contributed by atoms with Crippen LogP contribution in [0.1, 0.15) is 18.9 Å². The van der Waals surface area contributed by atoms with E-state index in [2.05, 4.69) is 4.98 Å². The van der Waals surface area contributed by atoms with Crippen LogP contribution in [-0.4, -0.2) is 27.0 Å². The van der Waals surface area contributed by atoms with Crippen molar-refractivity contribution < 1.29 is 22.7 Å². The Morgan fingerprint density at radius 2 is 2.05 bits per heavy atom. The fraction of sp³-hybridized carbons (Fsp3) is 0.417. The summed E-state index contributed by atoms with van der Waals surface area (Å²) in [5, 5.41) is 9.56. The summed E-state index contributed by atoms with van der Waals surface area (Å²) in [4.78, 5) is 3.97. The third kappa shape index (κ3) is 2.55. The van der Waals surface area contributed by atoms with Crippen LogP contribution in [0.25, 0.3) is 11.0 Å². The number of imidazole rings is 1. The summed E-state index contributed by atoms with van der Waals surface area (Å²) in [7, 11) is 0. The topological polar surface area (TPSA) is 64.1 Å². The van der Waals surface area contributed by atoms with Gasteiger partial charge in [0, 0.05) is 5.69 Å². The van der Waals surface area contributed by atoms with Gasteiger partial charge in [0.1, 0.15) is 11.9 Å². The molecule has 4 nitrogen and oxygen atoms in total. The Morgan fingerprint density at radius 1 is 1.40 bits per heavy atom. The SMILES string of the molecule is CC(O)c1nc2cc(N)ccc2n1CC(F)(F)C(F)F. The minimum atomic E-state index is -4.21. The average molecular weight is 291 g/mol. The summed E-state index contributed by atoms with van der Waals surface area (Å²) in [6.45, 7) is 0.0624. The molecule has 2 aromatic rings. The van der Waals surface area contributed by atoms with Gasteiger partial charge >= 0.3 is 12.3 Å². The number of nitrogen functional groups attached to an aromatic ring is 1. The molecule has 1 atom stereocenters. The highest BCUT2D eigenvalue weighted by Gasteiger charge is 2.42. The monoisotopic (exact) mass is 291 g/mol. The maximum absolute atomic E-state index is 13.3. The van der Waals surface area contributed by atoms with Crippen molar-refractivity contribution in [1.82, 2.24) is 9.55 Å². The molecule has 8 heteroatoms. The Kier molecular flexibility index (Phi) is 3.59. The molecule has 110 valence electrons. The predicted octanol–water partition coefficient (Wildman–Crippen LogP) is 2.57. The van der Waals surface area contributed by atoms with E-state index < -0.39 is 25.0 Å². The number of aromatic nitrogens is 2. The van der Waals surface area contributed by atoms with E-state index in [0.29, 0.717) is 5.69 Å². The highest BCUT2D eigenvalue weighted by molar-refractivity contribution is 5.79. The lowest BCUT2D eigenvalue weighted by molar-refractivity contribution is -0.137. The summed E-state index contributed by atoms with van der Waals surface area (Å²) in [5.41, 5.74) is 6.40. The van der Waals surface area contributed by atoms with Crippen LogP contribution in [0.3, 0.4) is 0 Å². The zero-order chi connectivity index (χ0) is 15.1. The number of anilines is 1. The Labute approximate surface area is 111 Å². The zero-order valence-electron chi connectivity index (χ0n) is 10.5. The lowest BCUT2D eigenvalue weighted by Crippen LogP contribution is -2.33. The van der Waals surface area contributed by atoms with Crippen LogP contribution in [0.4, 0.5) is 23.2 Å². The molecule has 0 bridgehead atoms. The van der Waals surface area contributed by atoms with Gasteiger partial charge in [-0.3, -0.25) is 0 Å². The first-order valence-corrected chi connectivity index (χ1v) is 5.82. The summed E-state index contributed by atoms with van der Waals surface area (Å²) >= 11 is 0. The van der Waals surface area contributed by atoms with Crippen molar-refractivity contribution in [3.63, 3.8) is 0 Å². The molecule has 2 rings (SSSR count). The van der Waals surface area contributed by atoms with Crippen LogP contribution in [0.15, 0.2) is 18.2 Å². The molecule has 0 spiro atoms. The van der Waals surface area contributed by atoms with Gasteiger partial charge in [-0.15, -0.1) is 0 Å². The summed E-state index contributed by atoms with van der Waals surface area (Å²) in [6.07, 6.45) is -4.97. The van der Waals surface area contributed by atoms with Crippen molar-refractivity contribution >= 4 is 16.7 Å². The number of hydrogen-bond acceptors (Lipinski definition) is 3. The van der Waals surface area contributed by atoms with E-state index in [-0.39, 0.29) is 16.9 Å². The van der Waals surface area contributed by atoms with Crippen molar-refractivity contribution in [3.05, 3.63) is 24.0 Å². The van der Waals surface area contributed by atoms with E-state index in [1.165, 1.54) is 25.1 Å². The molecule has 1 aromatic heterocycles. The maximum atomic E-state index is 13.3. The molecule has 0 aliphatic rings. The summed E-state index contributed by atoms with van der Waals surface area (Å²) in [6, 6.07) is 4.29. The highest BCUT2D eigenvalue weighted by atomic mass is 19.3. The Balaban J connectivity index is 2.57. The quantitative estimate of drug-likeness (QED) is 0.672. The second-order valence-corrected chi connectivity index (χ2v) is 4.54. The number of halogens is 4. The molecule has 0 aliphatic carbocycles. The van der Waals surface area contributed by atoms with Gasteiger partial charge in [0.05, 0.1) is 17.6 Å². The number of hydrogen-bond donors (Lipinski definition) is 2. The lowest BCUT2D eigenvalue weighted by Gasteiger charge is -2.18. The number of aliphatic hydroxyl groups excluding tert-OH is 1. The highest BCUT2D eigenvalue weighted by Crippen LogP contribution is 2.30. The molecule has 1 aromatic carbocycles. The third-order valence-corrected chi connectivity index (χ3v) is 2.86. The van der Waals surface area contributed by atoms with Crippen LogP contribution >= 0.6 is 0 Å². The molecule has 0 saturated carbocycles. The second-order valence-electron chi connectivity index (χ2n) is 4.54. The number of nitrogens with two attached hydrogens (primary N) is 1. The normalized spacial score (nSPS) is 14.2. The Hall–Kier alpha value is -1.83. The largest absolute Gasteiger partial charge is 0.399 e. The van der Waals surface area contributed by atoms with Crippen molar-refractivity contribution in [1.29, 1.82) is 0 Å². The van der Waals surface area contributed by atoms with Gasteiger partial charge in [-0.2, -0.15) is 8.78 Å². The number of aliphatic hydroxyl groups is 1. The molecule has 1 unspecified atom stereocenters. The van der Waals surface area contributed by atoms with E-state index >= 15 is 0 Å². The summed E-state index contributed by atoms with van der Waals surface area (Å²) in [5.74, 6) is -4.32. The fourth-order valence-electron chi connectivity index (χ4n) is 1.93. The molecule has 3 N–H and O–H groups in total. The van der Waals surface area contributed by atoms with Crippen molar-refractivity contribution in [2.24, 2.45) is 0 Å². The van der Waals surface area contributed by atoms with Gasteiger partial charge < -0.3 is 15.4 Å². The second kappa shape index (κ2) is 4.93. The van der Waals surface area contributed by atoms with Gasteiger partial charge in [0.25, 0.3) is 0 Å². The van der Waals surface area contributed by atoms with Crippen molar-refractivity contribution in [2.75, 3.05) is 5.73 Å². The van der Waals surface area contributed by atoms with Crippen LogP contribution in [-0.2, 0) is 6.54 Å². The van der Waals surface area contributed by atoms with Crippen LogP contribution < -0.4 is 5.73 Å². The van der Waals surface area contributed by atoms with Crippen LogP contribution in [0, 0.1) is 0 Å². The minimum Gasteiger partial charge on any atom is -0.399 e. The van der Waals surface area contributed by atoms with Gasteiger partial charge in [0.2, 0.25) is 0 Å². The number of rotatable bonds is 4. The Morgan fingerprint density at radius 3 is 2.60 bits per heavy atom. The first-order chi connectivity index (χ1) is 9.22. The smallest absolute Gasteiger partial charge is 0.324 e. The van der Waals surface area contributed by atoms with Crippen molar-refractivity contribution in [3.8, 4) is 0 Å². The van der Waals surface area contributed by atoms with Crippen LogP contribution in [0.5, 0.6) is 0 Å². The van der Waals surface area contributed by atoms with E-state index in [0.717, 1.165) is 4.57 Å². The van der Waals surface area contributed by atoms with Gasteiger partial charge in [-0.05, 0) is 25.1 Å². The number of benzene rings is 1. The summed E-state index contributed by atoms with van der Waals surface area (Å²) < 4.78 is 52.1. The Bertz CT molecular complexity index is 624. The molecule has 1 heterocycles. The third-order valence-electron chi connectivity index (χ3n) is 2.86. The number of alkyl halides is 4. The maximum Gasteiger partial charge on any atom is 0.324 e. The van der Waals surface area contributed by atoms with Gasteiger partial charge in [0.15, 0.2) is 0 Å². The van der Waals surface area contributed by atoms with E-state index in [4.69, 9.17) is 5.73 Å². The van der Waals surface area contributed by atoms with E-state index in [9.17, 15) is 22.7 Å². The van der Waals surface area contributed by atoms with E-state index in [1.807, 2.05) is 0 Å². The average Bonchev–Trinajstić information content (AvgIpc) is 2.66. The zero-order valence-corrected chi connectivity index (χ0v) is 10.5. The fourth-order valence-corrected chi connectivity index (χ4v) is 1.93. The molecule has 0 amide bonds. The lowest BCUT2D eigenvalue weighted by atomic mass is 10.2. The molecule has 0 radical (unpaired) electrons. The molecule has 0 saturated heterocycles. The van der Waals surface area contributed by atoms with Crippen molar-refractivity contribution in [2.45, 2.75) is 31.9 Å². The van der Waals surface area contributed by atoms with Gasteiger partial charge in [-0.1, -0.05) is 0 Å². The number of nitrogens with zero attached hydrogens (tertiary/aromatic N) is 2. The van der Waals surface area contributed by atoms with Gasteiger partial charge in [-0.25, -0.2) is 13.8 Å². The standard InChI is InChI=1S/C12H13F4N3O/c1-6(20)10-18-8-4-7(17)2-3-9(8)19(10)5-12(15,16)11(13)14/h2-4,6,11,20H,5,17H2,1H3. The number of fused-ring (bicyclic) bond motifs is 1. The first kappa shape index (κ1) is 14.6. The first-order valence-electron chi connectivity index (χ1n) is 5.82. The molecular formula is C12H13F4N3O. The molecule has 0 aliphatic heterocycles. The molecule has 0 fully saturated rings. The molecule has 20 heavy (non-hydrogen) atoms. The predicted molar refractivity (Wildman–Crippen MR) is 65.7 cm³/mol. The molecular weight excluding hydrogens is 278 g/mol.